The van der Waals surface area contributed by atoms with Gasteiger partial charge in [-0.05, 0) is 43.2 Å². The van der Waals surface area contributed by atoms with Crippen molar-refractivity contribution < 1.29 is 14.3 Å². The highest BCUT2D eigenvalue weighted by Gasteiger charge is 2.22. The van der Waals surface area contributed by atoms with Gasteiger partial charge < -0.3 is 19.7 Å². The van der Waals surface area contributed by atoms with E-state index >= 15 is 0 Å². The Morgan fingerprint density at radius 1 is 1.21 bits per heavy atom. The predicted molar refractivity (Wildman–Crippen MR) is 116 cm³/mol. The van der Waals surface area contributed by atoms with Crippen LogP contribution in [0.25, 0.3) is 11.3 Å². The first-order chi connectivity index (χ1) is 14.1. The number of amides is 1. The lowest BCUT2D eigenvalue weighted by Gasteiger charge is -2.19. The average molecular weight is 410 g/mol. The number of aromatic nitrogens is 1. The first-order valence-corrected chi connectivity index (χ1v) is 10.3. The zero-order chi connectivity index (χ0) is 20.4. The number of anilines is 2. The van der Waals surface area contributed by atoms with E-state index in [-0.39, 0.29) is 12.5 Å². The summed E-state index contributed by atoms with van der Waals surface area (Å²) < 4.78 is 10.6. The molecule has 1 amide bonds. The van der Waals surface area contributed by atoms with Gasteiger partial charge in [-0.25, -0.2) is 4.98 Å². The van der Waals surface area contributed by atoms with Crippen LogP contribution < -0.4 is 19.7 Å². The average Bonchev–Trinajstić information content (AvgIpc) is 3.33. The van der Waals surface area contributed by atoms with Crippen molar-refractivity contribution in [2.75, 3.05) is 37.5 Å². The normalized spacial score (nSPS) is 12.6. The molecule has 2 heterocycles. The first-order valence-electron chi connectivity index (χ1n) is 9.39. The highest BCUT2D eigenvalue weighted by Crippen LogP contribution is 2.33. The van der Waals surface area contributed by atoms with Crippen LogP contribution in [0.15, 0.2) is 41.8 Å². The summed E-state index contributed by atoms with van der Waals surface area (Å²) in [5.41, 5.74) is 5.09. The van der Waals surface area contributed by atoms with Crippen LogP contribution in [0.1, 0.15) is 10.6 Å². The van der Waals surface area contributed by atoms with Gasteiger partial charge in [-0.2, -0.15) is 0 Å². The second kappa shape index (κ2) is 8.13. The number of nitrogens with one attached hydrogen (secondary N) is 1. The molecule has 4 rings (SSSR count). The standard InChI is InChI=1S/C22H23N3O3S/c1-14-23-19(13-29-14)15-4-6-20-16(10-15)8-9-25(20)12-22(26)24-18-11-17(27-2)5-7-21(18)28-3/h4-7,10-11,13H,8-9,12H2,1-3H3,(H,24,26). The molecule has 0 bridgehead atoms. The molecule has 6 nitrogen and oxygen atoms in total. The summed E-state index contributed by atoms with van der Waals surface area (Å²) in [6.07, 6.45) is 0.919. The number of hydrogen-bond acceptors (Lipinski definition) is 6. The molecule has 29 heavy (non-hydrogen) atoms. The molecule has 150 valence electrons. The topological polar surface area (TPSA) is 63.7 Å². The van der Waals surface area contributed by atoms with Gasteiger partial charge in [0, 0.05) is 29.2 Å². The minimum absolute atomic E-state index is 0.0939. The number of ether oxygens (including phenoxy) is 2. The van der Waals surface area contributed by atoms with Crippen molar-refractivity contribution in [1.29, 1.82) is 0 Å². The van der Waals surface area contributed by atoms with Crippen LogP contribution in [0.2, 0.25) is 0 Å². The SMILES string of the molecule is COc1ccc(OC)c(NC(=O)CN2CCc3cc(-c4csc(C)n4)ccc32)c1. The minimum atomic E-state index is -0.0939. The van der Waals surface area contributed by atoms with Crippen molar-refractivity contribution >= 4 is 28.6 Å². The van der Waals surface area contributed by atoms with Gasteiger partial charge in [0.2, 0.25) is 5.91 Å². The number of nitrogens with zero attached hydrogens (tertiary/aromatic N) is 2. The summed E-state index contributed by atoms with van der Waals surface area (Å²) in [4.78, 5) is 19.4. The molecular formula is C22H23N3O3S. The highest BCUT2D eigenvalue weighted by atomic mass is 32.1. The molecule has 0 aliphatic carbocycles. The number of rotatable bonds is 6. The lowest BCUT2D eigenvalue weighted by molar-refractivity contribution is -0.115. The van der Waals surface area contributed by atoms with E-state index in [1.807, 2.05) is 6.92 Å². The van der Waals surface area contributed by atoms with Crippen molar-refractivity contribution in [2.45, 2.75) is 13.3 Å². The Morgan fingerprint density at radius 2 is 2.07 bits per heavy atom. The maximum absolute atomic E-state index is 12.7. The lowest BCUT2D eigenvalue weighted by Crippen LogP contribution is -2.32. The van der Waals surface area contributed by atoms with E-state index in [0.29, 0.717) is 17.2 Å². The van der Waals surface area contributed by atoms with E-state index in [1.165, 1.54) is 5.56 Å². The van der Waals surface area contributed by atoms with Crippen LogP contribution in [0.5, 0.6) is 11.5 Å². The van der Waals surface area contributed by atoms with Crippen molar-refractivity contribution in [3.05, 3.63) is 52.3 Å². The molecule has 1 aliphatic rings. The van der Waals surface area contributed by atoms with E-state index in [4.69, 9.17) is 9.47 Å². The van der Waals surface area contributed by atoms with Crippen molar-refractivity contribution in [1.82, 2.24) is 4.98 Å². The summed E-state index contributed by atoms with van der Waals surface area (Å²) in [6.45, 7) is 3.11. The molecule has 7 heteroatoms. The molecule has 0 saturated carbocycles. The molecule has 0 radical (unpaired) electrons. The Labute approximate surface area is 174 Å². The second-order valence-corrected chi connectivity index (χ2v) is 7.94. The summed E-state index contributed by atoms with van der Waals surface area (Å²) in [5, 5.41) is 6.08. The van der Waals surface area contributed by atoms with E-state index in [2.05, 4.69) is 38.8 Å². The third-order valence-electron chi connectivity index (χ3n) is 5.00. The number of hydrogen-bond donors (Lipinski definition) is 1. The van der Waals surface area contributed by atoms with Gasteiger partial charge in [-0.15, -0.1) is 11.3 Å². The maximum Gasteiger partial charge on any atom is 0.243 e. The second-order valence-electron chi connectivity index (χ2n) is 6.88. The molecule has 2 aromatic carbocycles. The summed E-state index contributed by atoms with van der Waals surface area (Å²) in [6, 6.07) is 11.7. The molecule has 0 atom stereocenters. The van der Waals surface area contributed by atoms with Gasteiger partial charge in [-0.3, -0.25) is 4.79 Å². The number of carbonyl (C=O) groups excluding carboxylic acids is 1. The Morgan fingerprint density at radius 3 is 2.79 bits per heavy atom. The largest absolute Gasteiger partial charge is 0.497 e. The van der Waals surface area contributed by atoms with Gasteiger partial charge in [0.25, 0.3) is 0 Å². The Bertz CT molecular complexity index is 1050. The summed E-state index contributed by atoms with van der Waals surface area (Å²) in [7, 11) is 3.17. The van der Waals surface area contributed by atoms with Crippen LogP contribution in [-0.2, 0) is 11.2 Å². The van der Waals surface area contributed by atoms with Crippen LogP contribution in [0, 0.1) is 6.92 Å². The molecule has 1 aliphatic heterocycles. The molecule has 0 unspecified atom stereocenters. The third-order valence-corrected chi connectivity index (χ3v) is 5.77. The summed E-state index contributed by atoms with van der Waals surface area (Å²) >= 11 is 1.65. The van der Waals surface area contributed by atoms with E-state index in [9.17, 15) is 4.79 Å². The zero-order valence-electron chi connectivity index (χ0n) is 16.7. The lowest BCUT2D eigenvalue weighted by atomic mass is 10.1. The van der Waals surface area contributed by atoms with Crippen LogP contribution >= 0.6 is 11.3 Å². The predicted octanol–water partition coefficient (Wildman–Crippen LogP) is 4.14. The number of aryl methyl sites for hydroxylation is 1. The minimum Gasteiger partial charge on any atom is -0.497 e. The van der Waals surface area contributed by atoms with Crippen LogP contribution in [0.4, 0.5) is 11.4 Å². The number of fused-ring (bicyclic) bond motifs is 1. The van der Waals surface area contributed by atoms with Crippen molar-refractivity contribution in [2.24, 2.45) is 0 Å². The maximum atomic E-state index is 12.7. The zero-order valence-corrected chi connectivity index (χ0v) is 17.5. The van der Waals surface area contributed by atoms with Crippen molar-refractivity contribution in [3.8, 4) is 22.8 Å². The monoisotopic (exact) mass is 409 g/mol. The van der Waals surface area contributed by atoms with Crippen molar-refractivity contribution in [3.63, 3.8) is 0 Å². The number of carbonyl (C=O) groups is 1. The smallest absolute Gasteiger partial charge is 0.243 e. The van der Waals surface area contributed by atoms with Gasteiger partial charge >= 0.3 is 0 Å². The number of benzene rings is 2. The number of thiazole rings is 1. The molecule has 0 saturated heterocycles. The van der Waals surface area contributed by atoms with Crippen LogP contribution in [-0.4, -0.2) is 38.2 Å². The molecule has 1 aromatic heterocycles. The van der Waals surface area contributed by atoms with E-state index < -0.39 is 0 Å². The molecule has 1 N–H and O–H groups in total. The van der Waals surface area contributed by atoms with Gasteiger partial charge in [-0.1, -0.05) is 6.07 Å². The fraction of sp³-hybridized carbons (Fsp3) is 0.273. The highest BCUT2D eigenvalue weighted by molar-refractivity contribution is 7.09. The number of methoxy groups -OCH3 is 2. The molecule has 0 spiro atoms. The fourth-order valence-corrected chi connectivity index (χ4v) is 4.19. The van der Waals surface area contributed by atoms with E-state index in [0.717, 1.165) is 34.9 Å². The third kappa shape index (κ3) is 4.05. The quantitative estimate of drug-likeness (QED) is 0.663. The van der Waals surface area contributed by atoms with Gasteiger partial charge in [0.15, 0.2) is 0 Å². The van der Waals surface area contributed by atoms with Gasteiger partial charge in [0.05, 0.1) is 37.2 Å². The Balaban J connectivity index is 1.47. The fourth-order valence-electron chi connectivity index (χ4n) is 3.56. The van der Waals surface area contributed by atoms with Gasteiger partial charge in [0.1, 0.15) is 11.5 Å². The Hall–Kier alpha value is -3.06. The van der Waals surface area contributed by atoms with E-state index in [1.54, 1.807) is 43.8 Å². The molecular weight excluding hydrogens is 386 g/mol. The van der Waals surface area contributed by atoms with Crippen LogP contribution in [0.3, 0.4) is 0 Å². The molecule has 3 aromatic rings. The molecule has 0 fully saturated rings. The summed E-state index contributed by atoms with van der Waals surface area (Å²) in [5.74, 6) is 1.17. The first kappa shape index (κ1) is 19.3. The Kier molecular flexibility index (Phi) is 5.40.